The number of nitrogens with two attached hydrogens (primary N) is 1. The summed E-state index contributed by atoms with van der Waals surface area (Å²) in [5, 5.41) is 11.7. The quantitative estimate of drug-likeness (QED) is 0.778. The SMILES string of the molecule is NC(=O)c1ccccc1NC(=O)C1=C(C(=O)O)CCC=C1. The van der Waals surface area contributed by atoms with Crippen molar-refractivity contribution in [3.05, 3.63) is 53.1 Å². The first-order valence-electron chi connectivity index (χ1n) is 6.34. The average molecular weight is 286 g/mol. The van der Waals surface area contributed by atoms with Crippen LogP contribution in [-0.4, -0.2) is 22.9 Å². The van der Waals surface area contributed by atoms with Gasteiger partial charge in [0.15, 0.2) is 0 Å². The molecule has 0 spiro atoms. The van der Waals surface area contributed by atoms with Gasteiger partial charge in [0, 0.05) is 5.57 Å². The fourth-order valence-corrected chi connectivity index (χ4v) is 2.10. The van der Waals surface area contributed by atoms with Gasteiger partial charge in [0.2, 0.25) is 0 Å². The van der Waals surface area contributed by atoms with Gasteiger partial charge < -0.3 is 16.2 Å². The summed E-state index contributed by atoms with van der Waals surface area (Å²) in [6.45, 7) is 0. The van der Waals surface area contributed by atoms with Gasteiger partial charge >= 0.3 is 5.97 Å². The standard InChI is InChI=1S/C15H14N2O4/c16-13(18)11-7-3-4-8-12(11)17-14(19)9-5-1-2-6-10(9)15(20)21/h1,3-5,7-8H,2,6H2,(H2,16,18)(H,17,19)(H,20,21). The second-order valence-corrected chi connectivity index (χ2v) is 4.50. The van der Waals surface area contributed by atoms with Crippen LogP contribution in [0.25, 0.3) is 0 Å². The van der Waals surface area contributed by atoms with E-state index in [2.05, 4.69) is 5.32 Å². The zero-order valence-corrected chi connectivity index (χ0v) is 11.1. The molecule has 6 nitrogen and oxygen atoms in total. The second kappa shape index (κ2) is 6.04. The molecule has 0 saturated carbocycles. The number of benzene rings is 1. The van der Waals surface area contributed by atoms with Crippen molar-refractivity contribution >= 4 is 23.5 Å². The zero-order valence-electron chi connectivity index (χ0n) is 11.1. The minimum absolute atomic E-state index is 0.0616. The number of amides is 2. The Labute approximate surface area is 120 Å². The van der Waals surface area contributed by atoms with E-state index in [1.807, 2.05) is 0 Å². The number of carboxylic acids is 1. The highest BCUT2D eigenvalue weighted by molar-refractivity contribution is 6.13. The number of hydrogen-bond donors (Lipinski definition) is 3. The average Bonchev–Trinajstić information content (AvgIpc) is 2.47. The Morgan fingerprint density at radius 1 is 1.19 bits per heavy atom. The lowest BCUT2D eigenvalue weighted by Crippen LogP contribution is -2.21. The van der Waals surface area contributed by atoms with Gasteiger partial charge in [0.05, 0.1) is 16.8 Å². The molecule has 0 aromatic heterocycles. The molecule has 0 fully saturated rings. The first-order valence-corrected chi connectivity index (χ1v) is 6.34. The molecule has 6 heteroatoms. The van der Waals surface area contributed by atoms with Crippen LogP contribution in [0.3, 0.4) is 0 Å². The summed E-state index contributed by atoms with van der Waals surface area (Å²) in [5.74, 6) is -2.36. The minimum Gasteiger partial charge on any atom is -0.478 e. The highest BCUT2D eigenvalue weighted by Gasteiger charge is 2.21. The molecule has 1 aliphatic rings. The van der Waals surface area contributed by atoms with Crippen molar-refractivity contribution in [2.24, 2.45) is 5.73 Å². The van der Waals surface area contributed by atoms with Crippen LogP contribution in [0.15, 0.2) is 47.6 Å². The van der Waals surface area contributed by atoms with E-state index in [-0.39, 0.29) is 22.4 Å². The van der Waals surface area contributed by atoms with Gasteiger partial charge in [-0.05, 0) is 25.0 Å². The molecule has 21 heavy (non-hydrogen) atoms. The van der Waals surface area contributed by atoms with E-state index >= 15 is 0 Å². The third kappa shape index (κ3) is 3.17. The maximum absolute atomic E-state index is 12.2. The van der Waals surface area contributed by atoms with Crippen LogP contribution in [0.2, 0.25) is 0 Å². The van der Waals surface area contributed by atoms with E-state index in [9.17, 15) is 14.4 Å². The Morgan fingerprint density at radius 2 is 1.90 bits per heavy atom. The number of nitrogens with one attached hydrogen (secondary N) is 1. The highest BCUT2D eigenvalue weighted by Crippen LogP contribution is 2.22. The van der Waals surface area contributed by atoms with Crippen molar-refractivity contribution in [2.45, 2.75) is 12.8 Å². The Morgan fingerprint density at radius 3 is 2.57 bits per heavy atom. The summed E-state index contributed by atoms with van der Waals surface area (Å²) in [6.07, 6.45) is 4.10. The number of carbonyl (C=O) groups is 3. The van der Waals surface area contributed by atoms with Gasteiger partial charge in [-0.15, -0.1) is 0 Å². The third-order valence-electron chi connectivity index (χ3n) is 3.11. The molecule has 0 atom stereocenters. The number of allylic oxidation sites excluding steroid dienone is 1. The molecule has 1 aliphatic carbocycles. The van der Waals surface area contributed by atoms with E-state index < -0.39 is 17.8 Å². The maximum atomic E-state index is 12.2. The van der Waals surface area contributed by atoms with E-state index in [0.717, 1.165) is 0 Å². The van der Waals surface area contributed by atoms with Gasteiger partial charge in [-0.1, -0.05) is 24.3 Å². The predicted molar refractivity (Wildman–Crippen MR) is 76.6 cm³/mol. The lowest BCUT2D eigenvalue weighted by atomic mass is 9.97. The van der Waals surface area contributed by atoms with Crippen LogP contribution in [0.4, 0.5) is 5.69 Å². The van der Waals surface area contributed by atoms with Gasteiger partial charge in [0.25, 0.3) is 11.8 Å². The highest BCUT2D eigenvalue weighted by atomic mass is 16.4. The fraction of sp³-hybridized carbons (Fsp3) is 0.133. The van der Waals surface area contributed by atoms with Crippen LogP contribution in [0.1, 0.15) is 23.2 Å². The molecule has 0 saturated heterocycles. The lowest BCUT2D eigenvalue weighted by Gasteiger charge is -2.14. The van der Waals surface area contributed by atoms with Crippen LogP contribution < -0.4 is 11.1 Å². The molecule has 1 aromatic carbocycles. The molecule has 2 amide bonds. The summed E-state index contributed by atoms with van der Waals surface area (Å²) >= 11 is 0. The van der Waals surface area contributed by atoms with Crippen molar-refractivity contribution in [3.8, 4) is 0 Å². The fourth-order valence-electron chi connectivity index (χ4n) is 2.10. The van der Waals surface area contributed by atoms with Gasteiger partial charge in [-0.25, -0.2) is 4.79 Å². The largest absolute Gasteiger partial charge is 0.478 e. The molecule has 0 aliphatic heterocycles. The predicted octanol–water partition coefficient (Wildman–Crippen LogP) is 1.46. The lowest BCUT2D eigenvalue weighted by molar-refractivity contribution is -0.133. The van der Waals surface area contributed by atoms with Crippen molar-refractivity contribution in [3.63, 3.8) is 0 Å². The molecule has 0 radical (unpaired) electrons. The van der Waals surface area contributed by atoms with Gasteiger partial charge in [0.1, 0.15) is 0 Å². The van der Waals surface area contributed by atoms with Crippen LogP contribution in [0.5, 0.6) is 0 Å². The smallest absolute Gasteiger partial charge is 0.332 e. The number of para-hydroxylation sites is 1. The molecular weight excluding hydrogens is 272 g/mol. The Kier molecular flexibility index (Phi) is 4.18. The summed E-state index contributed by atoms with van der Waals surface area (Å²) in [6, 6.07) is 6.29. The van der Waals surface area contributed by atoms with Crippen LogP contribution >= 0.6 is 0 Å². The molecule has 0 bridgehead atoms. The van der Waals surface area contributed by atoms with Crippen molar-refractivity contribution < 1.29 is 19.5 Å². The van der Waals surface area contributed by atoms with Crippen molar-refractivity contribution in [1.29, 1.82) is 0 Å². The number of carbonyl (C=O) groups excluding carboxylic acids is 2. The molecule has 0 unspecified atom stereocenters. The monoisotopic (exact) mass is 286 g/mol. The number of rotatable bonds is 4. The van der Waals surface area contributed by atoms with E-state index in [1.54, 1.807) is 18.2 Å². The normalized spacial score (nSPS) is 13.9. The summed E-state index contributed by atoms with van der Waals surface area (Å²) < 4.78 is 0. The second-order valence-electron chi connectivity index (χ2n) is 4.50. The topological polar surface area (TPSA) is 109 Å². The van der Waals surface area contributed by atoms with Crippen molar-refractivity contribution in [1.82, 2.24) is 0 Å². The molecular formula is C15H14N2O4. The summed E-state index contributed by atoms with van der Waals surface area (Å²) in [4.78, 5) is 34.7. The summed E-state index contributed by atoms with van der Waals surface area (Å²) in [5.41, 5.74) is 5.81. The molecule has 4 N–H and O–H groups in total. The molecule has 0 heterocycles. The Balaban J connectivity index is 2.32. The number of hydrogen-bond acceptors (Lipinski definition) is 3. The number of primary amides is 1. The Bertz CT molecular complexity index is 674. The first kappa shape index (κ1) is 14.5. The van der Waals surface area contributed by atoms with Gasteiger partial charge in [-0.2, -0.15) is 0 Å². The molecule has 2 rings (SSSR count). The molecule has 1 aromatic rings. The van der Waals surface area contributed by atoms with E-state index in [1.165, 1.54) is 18.2 Å². The van der Waals surface area contributed by atoms with E-state index in [0.29, 0.717) is 12.8 Å². The zero-order chi connectivity index (χ0) is 15.4. The maximum Gasteiger partial charge on any atom is 0.332 e. The van der Waals surface area contributed by atoms with E-state index in [4.69, 9.17) is 10.8 Å². The van der Waals surface area contributed by atoms with Crippen LogP contribution in [-0.2, 0) is 9.59 Å². The minimum atomic E-state index is -1.12. The molecule has 108 valence electrons. The third-order valence-corrected chi connectivity index (χ3v) is 3.11. The Hall–Kier alpha value is -2.89. The number of aliphatic carboxylic acids is 1. The first-order chi connectivity index (χ1) is 10.0. The van der Waals surface area contributed by atoms with Gasteiger partial charge in [-0.3, -0.25) is 9.59 Å². The number of anilines is 1. The number of carboxylic acid groups (broad SMARTS) is 1. The van der Waals surface area contributed by atoms with Crippen LogP contribution in [0, 0.1) is 0 Å². The summed E-state index contributed by atoms with van der Waals surface area (Å²) in [7, 11) is 0. The van der Waals surface area contributed by atoms with Crippen molar-refractivity contribution in [2.75, 3.05) is 5.32 Å².